The SMILES string of the molecule is CC(C)C(=O)NCCCNCC(O)C(O)C(O)C(O)CO. The van der Waals surface area contributed by atoms with E-state index in [0.717, 1.165) is 0 Å². The molecule has 8 heteroatoms. The lowest BCUT2D eigenvalue weighted by molar-refractivity contribution is -0.123. The van der Waals surface area contributed by atoms with Crippen LogP contribution in [0.2, 0.25) is 0 Å². The van der Waals surface area contributed by atoms with E-state index in [-0.39, 0.29) is 18.4 Å². The van der Waals surface area contributed by atoms with Crippen LogP contribution in [0.1, 0.15) is 20.3 Å². The molecule has 0 aromatic rings. The molecule has 0 radical (unpaired) electrons. The highest BCUT2D eigenvalue weighted by atomic mass is 16.4. The van der Waals surface area contributed by atoms with Crippen LogP contribution in [0.25, 0.3) is 0 Å². The minimum atomic E-state index is -1.61. The summed E-state index contributed by atoms with van der Waals surface area (Å²) in [7, 11) is 0. The lowest BCUT2D eigenvalue weighted by Gasteiger charge is -2.25. The van der Waals surface area contributed by atoms with Gasteiger partial charge in [0.2, 0.25) is 5.91 Å². The summed E-state index contributed by atoms with van der Waals surface area (Å²) < 4.78 is 0. The number of hydrogen-bond acceptors (Lipinski definition) is 7. The van der Waals surface area contributed by atoms with Crippen molar-refractivity contribution in [1.29, 1.82) is 0 Å². The van der Waals surface area contributed by atoms with E-state index < -0.39 is 31.0 Å². The molecule has 4 unspecified atom stereocenters. The minimum Gasteiger partial charge on any atom is -0.394 e. The Balaban J connectivity index is 3.75. The Morgan fingerprint density at radius 2 is 1.57 bits per heavy atom. The van der Waals surface area contributed by atoms with Crippen molar-refractivity contribution >= 4 is 5.91 Å². The topological polar surface area (TPSA) is 142 Å². The number of carbonyl (C=O) groups excluding carboxylic acids is 1. The molecule has 0 aromatic heterocycles. The van der Waals surface area contributed by atoms with Gasteiger partial charge in [0.1, 0.15) is 18.3 Å². The number of carbonyl (C=O) groups is 1. The van der Waals surface area contributed by atoms with Crippen LogP contribution in [0.3, 0.4) is 0 Å². The van der Waals surface area contributed by atoms with Crippen LogP contribution in [0.5, 0.6) is 0 Å². The molecule has 4 atom stereocenters. The van der Waals surface area contributed by atoms with E-state index in [1.165, 1.54) is 0 Å². The number of nitrogens with one attached hydrogen (secondary N) is 2. The summed E-state index contributed by atoms with van der Waals surface area (Å²) in [5.74, 6) is -0.0825. The summed E-state index contributed by atoms with van der Waals surface area (Å²) >= 11 is 0. The molecule has 0 aliphatic rings. The normalized spacial score (nSPS) is 17.3. The Hall–Kier alpha value is -0.770. The van der Waals surface area contributed by atoms with E-state index in [1.54, 1.807) is 13.8 Å². The highest BCUT2D eigenvalue weighted by Crippen LogP contribution is 2.04. The molecule has 0 aromatic carbocycles. The molecule has 0 aliphatic heterocycles. The van der Waals surface area contributed by atoms with Gasteiger partial charge < -0.3 is 36.2 Å². The van der Waals surface area contributed by atoms with Gasteiger partial charge in [0.25, 0.3) is 0 Å². The van der Waals surface area contributed by atoms with Gasteiger partial charge in [0, 0.05) is 19.0 Å². The van der Waals surface area contributed by atoms with Crippen LogP contribution in [0, 0.1) is 5.92 Å². The fourth-order valence-corrected chi connectivity index (χ4v) is 1.56. The summed E-state index contributed by atoms with van der Waals surface area (Å²) in [5.41, 5.74) is 0. The van der Waals surface area contributed by atoms with E-state index in [4.69, 9.17) is 10.2 Å². The first-order valence-corrected chi connectivity index (χ1v) is 7.12. The second-order valence-electron chi connectivity index (χ2n) is 5.30. The molecule has 7 N–H and O–H groups in total. The Morgan fingerprint density at radius 3 is 2.10 bits per heavy atom. The third kappa shape index (κ3) is 8.30. The fraction of sp³-hybridized carbons (Fsp3) is 0.923. The molecule has 126 valence electrons. The van der Waals surface area contributed by atoms with Gasteiger partial charge in [0.15, 0.2) is 0 Å². The van der Waals surface area contributed by atoms with Gasteiger partial charge in [-0.15, -0.1) is 0 Å². The van der Waals surface area contributed by atoms with Gasteiger partial charge in [0.05, 0.1) is 12.7 Å². The van der Waals surface area contributed by atoms with Crippen LogP contribution in [-0.4, -0.2) is 82.1 Å². The van der Waals surface area contributed by atoms with Gasteiger partial charge in [-0.05, 0) is 13.0 Å². The maximum atomic E-state index is 11.3. The Morgan fingerprint density at radius 1 is 1.00 bits per heavy atom. The maximum Gasteiger partial charge on any atom is 0.222 e. The highest BCUT2D eigenvalue weighted by Gasteiger charge is 2.29. The molecular weight excluding hydrogens is 280 g/mol. The lowest BCUT2D eigenvalue weighted by Crippen LogP contribution is -2.49. The van der Waals surface area contributed by atoms with Gasteiger partial charge in [-0.3, -0.25) is 4.79 Å². The molecule has 0 aliphatic carbocycles. The van der Waals surface area contributed by atoms with Crippen molar-refractivity contribution in [3.05, 3.63) is 0 Å². The van der Waals surface area contributed by atoms with Crippen molar-refractivity contribution in [2.45, 2.75) is 44.7 Å². The Bertz CT molecular complexity index is 290. The maximum absolute atomic E-state index is 11.3. The Labute approximate surface area is 124 Å². The number of aliphatic hydroxyl groups is 5. The van der Waals surface area contributed by atoms with E-state index >= 15 is 0 Å². The molecule has 0 saturated carbocycles. The van der Waals surface area contributed by atoms with Crippen LogP contribution in [0.15, 0.2) is 0 Å². The number of aliphatic hydroxyl groups excluding tert-OH is 5. The average Bonchev–Trinajstić information content (AvgIpc) is 2.47. The summed E-state index contributed by atoms with van der Waals surface area (Å²) in [6.07, 6.45) is -5.28. The fourth-order valence-electron chi connectivity index (χ4n) is 1.56. The number of hydrogen-bond donors (Lipinski definition) is 7. The van der Waals surface area contributed by atoms with Crippen LogP contribution < -0.4 is 10.6 Å². The zero-order chi connectivity index (χ0) is 16.4. The van der Waals surface area contributed by atoms with E-state index in [0.29, 0.717) is 19.5 Å². The molecule has 0 bridgehead atoms. The predicted octanol–water partition coefficient (Wildman–Crippen LogP) is -2.83. The summed E-state index contributed by atoms with van der Waals surface area (Å²) in [6.45, 7) is 3.95. The van der Waals surface area contributed by atoms with E-state index in [1.807, 2.05) is 0 Å². The average molecular weight is 308 g/mol. The van der Waals surface area contributed by atoms with Crippen LogP contribution >= 0.6 is 0 Å². The van der Waals surface area contributed by atoms with Crippen molar-refractivity contribution < 1.29 is 30.3 Å². The van der Waals surface area contributed by atoms with Gasteiger partial charge in [-0.1, -0.05) is 13.8 Å². The first kappa shape index (κ1) is 20.2. The molecule has 21 heavy (non-hydrogen) atoms. The van der Waals surface area contributed by atoms with Crippen molar-refractivity contribution in [3.8, 4) is 0 Å². The third-order valence-electron chi connectivity index (χ3n) is 3.03. The van der Waals surface area contributed by atoms with Crippen molar-refractivity contribution in [2.75, 3.05) is 26.2 Å². The molecule has 1 amide bonds. The quantitative estimate of drug-likeness (QED) is 0.204. The summed E-state index contributed by atoms with van der Waals surface area (Å²) in [6, 6.07) is 0. The smallest absolute Gasteiger partial charge is 0.222 e. The van der Waals surface area contributed by atoms with Crippen LogP contribution in [-0.2, 0) is 4.79 Å². The molecule has 0 spiro atoms. The standard InChI is InChI=1S/C13H28N2O6/c1-8(2)13(21)15-5-3-4-14-6-9(17)11(19)12(20)10(18)7-16/h8-12,14,16-20H,3-7H2,1-2H3,(H,15,21). The molecular formula is C13H28N2O6. The Kier molecular flexibility index (Phi) is 10.5. The first-order valence-electron chi connectivity index (χ1n) is 7.12. The number of amides is 1. The lowest BCUT2D eigenvalue weighted by atomic mass is 10.0. The zero-order valence-electron chi connectivity index (χ0n) is 12.6. The second-order valence-corrected chi connectivity index (χ2v) is 5.30. The van der Waals surface area contributed by atoms with E-state index in [9.17, 15) is 20.1 Å². The molecule has 0 heterocycles. The largest absolute Gasteiger partial charge is 0.394 e. The van der Waals surface area contributed by atoms with Crippen molar-refractivity contribution in [2.24, 2.45) is 5.92 Å². The van der Waals surface area contributed by atoms with Crippen LogP contribution in [0.4, 0.5) is 0 Å². The van der Waals surface area contributed by atoms with E-state index in [2.05, 4.69) is 10.6 Å². The van der Waals surface area contributed by atoms with Gasteiger partial charge in [-0.2, -0.15) is 0 Å². The molecule has 0 saturated heterocycles. The minimum absolute atomic E-state index is 0.0217. The monoisotopic (exact) mass is 308 g/mol. The summed E-state index contributed by atoms with van der Waals surface area (Å²) in [5, 5.41) is 52.0. The summed E-state index contributed by atoms with van der Waals surface area (Å²) in [4.78, 5) is 11.3. The third-order valence-corrected chi connectivity index (χ3v) is 3.03. The molecule has 0 fully saturated rings. The molecule has 8 nitrogen and oxygen atoms in total. The second kappa shape index (κ2) is 10.9. The predicted molar refractivity (Wildman–Crippen MR) is 76.4 cm³/mol. The van der Waals surface area contributed by atoms with Gasteiger partial charge >= 0.3 is 0 Å². The van der Waals surface area contributed by atoms with Gasteiger partial charge in [-0.25, -0.2) is 0 Å². The zero-order valence-corrected chi connectivity index (χ0v) is 12.6. The van der Waals surface area contributed by atoms with Crippen molar-refractivity contribution in [1.82, 2.24) is 10.6 Å². The van der Waals surface area contributed by atoms with Crippen molar-refractivity contribution in [3.63, 3.8) is 0 Å². The molecule has 0 rings (SSSR count). The number of rotatable bonds is 11. The highest BCUT2D eigenvalue weighted by molar-refractivity contribution is 5.77. The first-order chi connectivity index (χ1) is 9.81.